The van der Waals surface area contributed by atoms with Gasteiger partial charge in [0.05, 0.1) is 19.3 Å². The van der Waals surface area contributed by atoms with Crippen LogP contribution in [0, 0.1) is 0 Å². The Bertz CT molecular complexity index is 343. The van der Waals surface area contributed by atoms with Gasteiger partial charge in [-0.1, -0.05) is 18.2 Å². The number of hydrogen-bond acceptors (Lipinski definition) is 4. The molecule has 0 atom stereocenters. The second kappa shape index (κ2) is 6.75. The van der Waals surface area contributed by atoms with Gasteiger partial charge in [0, 0.05) is 13.1 Å². The van der Waals surface area contributed by atoms with Crippen LogP contribution in [-0.2, 0) is 4.74 Å². The monoisotopic (exact) mass is 237 g/mol. The zero-order valence-corrected chi connectivity index (χ0v) is 10.3. The predicted octanol–water partition coefficient (Wildman–Crippen LogP) is 1.45. The van der Waals surface area contributed by atoms with E-state index in [1.54, 1.807) is 9.91 Å². The van der Waals surface area contributed by atoms with Crippen molar-refractivity contribution in [1.29, 1.82) is 0 Å². The lowest BCUT2D eigenvalue weighted by molar-refractivity contribution is 0.127. The predicted molar refractivity (Wildman–Crippen MR) is 67.6 cm³/mol. The fourth-order valence-electron chi connectivity index (χ4n) is 1.48. The highest BCUT2D eigenvalue weighted by Crippen LogP contribution is 2.08. The van der Waals surface area contributed by atoms with E-state index in [0.29, 0.717) is 19.6 Å². The number of benzene rings is 1. The van der Waals surface area contributed by atoms with Crippen molar-refractivity contribution in [1.82, 2.24) is 4.90 Å². The van der Waals surface area contributed by atoms with Crippen LogP contribution >= 0.6 is 0 Å². The molecule has 0 bridgehead atoms. The fraction of sp³-hybridized carbons (Fsp3) is 0.417. The summed E-state index contributed by atoms with van der Waals surface area (Å²) in [5, 5.41) is 1.62. The number of hydrazine groups is 1. The van der Waals surface area contributed by atoms with Crippen molar-refractivity contribution in [3.05, 3.63) is 30.3 Å². The molecule has 1 amide bonds. The molecule has 0 heterocycles. The van der Waals surface area contributed by atoms with Gasteiger partial charge in [-0.05, 0) is 19.1 Å². The molecule has 17 heavy (non-hydrogen) atoms. The van der Waals surface area contributed by atoms with Gasteiger partial charge in [-0.15, -0.1) is 0 Å². The number of carbonyl (C=O) groups is 1. The van der Waals surface area contributed by atoms with Gasteiger partial charge in [0.25, 0.3) is 0 Å². The van der Waals surface area contributed by atoms with E-state index in [2.05, 4.69) is 4.74 Å². The number of amides is 1. The number of nitrogens with zero attached hydrogens (tertiary/aromatic N) is 2. The molecule has 1 rings (SSSR count). The van der Waals surface area contributed by atoms with Crippen LogP contribution in [0.5, 0.6) is 0 Å². The molecule has 0 aromatic heterocycles. The Morgan fingerprint density at radius 3 is 2.47 bits per heavy atom. The molecule has 1 aromatic carbocycles. The number of carbonyl (C=O) groups excluding carboxylic acids is 1. The van der Waals surface area contributed by atoms with E-state index in [9.17, 15) is 4.79 Å². The number of ether oxygens (including phenoxy) is 1. The highest BCUT2D eigenvalue weighted by atomic mass is 16.5. The van der Waals surface area contributed by atoms with Gasteiger partial charge in [-0.2, -0.15) is 0 Å². The van der Waals surface area contributed by atoms with Crippen molar-refractivity contribution in [2.45, 2.75) is 6.92 Å². The van der Waals surface area contributed by atoms with Crippen molar-refractivity contribution in [3.8, 4) is 0 Å². The maximum atomic E-state index is 11.3. The molecule has 0 unspecified atom stereocenters. The largest absolute Gasteiger partial charge is 0.453 e. The summed E-state index contributed by atoms with van der Waals surface area (Å²) in [6, 6.07) is 9.63. The number of methoxy groups -OCH3 is 1. The van der Waals surface area contributed by atoms with Crippen molar-refractivity contribution in [2.24, 2.45) is 5.84 Å². The van der Waals surface area contributed by atoms with Gasteiger partial charge in [-0.25, -0.2) is 10.6 Å². The zero-order chi connectivity index (χ0) is 12.7. The van der Waals surface area contributed by atoms with Crippen LogP contribution in [0.3, 0.4) is 0 Å². The van der Waals surface area contributed by atoms with Crippen LogP contribution in [0.15, 0.2) is 30.3 Å². The summed E-state index contributed by atoms with van der Waals surface area (Å²) in [4.78, 5) is 12.9. The van der Waals surface area contributed by atoms with Gasteiger partial charge in [0.2, 0.25) is 0 Å². The third-order valence-electron chi connectivity index (χ3n) is 2.51. The number of hydrogen-bond donors (Lipinski definition) is 1. The quantitative estimate of drug-likeness (QED) is 0.622. The summed E-state index contributed by atoms with van der Waals surface area (Å²) in [6.45, 7) is 3.61. The lowest BCUT2D eigenvalue weighted by Crippen LogP contribution is -2.41. The van der Waals surface area contributed by atoms with E-state index >= 15 is 0 Å². The number of rotatable bonds is 5. The first-order valence-corrected chi connectivity index (χ1v) is 5.59. The molecule has 0 aliphatic heterocycles. The number of para-hydroxylation sites is 1. The number of anilines is 1. The van der Waals surface area contributed by atoms with E-state index < -0.39 is 0 Å². The van der Waals surface area contributed by atoms with E-state index in [0.717, 1.165) is 5.69 Å². The lowest BCUT2D eigenvalue weighted by atomic mass is 10.3. The first-order valence-electron chi connectivity index (χ1n) is 5.59. The molecular formula is C12H19N3O2. The zero-order valence-electron chi connectivity index (χ0n) is 10.3. The smallest absolute Gasteiger partial charge is 0.409 e. The average molecular weight is 237 g/mol. The first kappa shape index (κ1) is 13.3. The topological polar surface area (TPSA) is 58.8 Å². The average Bonchev–Trinajstić information content (AvgIpc) is 2.39. The minimum absolute atomic E-state index is 0.325. The maximum Gasteiger partial charge on any atom is 0.409 e. The summed E-state index contributed by atoms with van der Waals surface area (Å²) in [5.41, 5.74) is 0.924. The molecule has 5 heteroatoms. The molecule has 94 valence electrons. The fourth-order valence-corrected chi connectivity index (χ4v) is 1.48. The molecule has 0 saturated carbocycles. The SMILES string of the molecule is CCN(CCN(N)c1ccccc1)C(=O)OC. The van der Waals surface area contributed by atoms with Crippen LogP contribution in [-0.4, -0.2) is 37.7 Å². The minimum atomic E-state index is -0.325. The molecule has 0 aliphatic rings. The third kappa shape index (κ3) is 3.96. The molecule has 1 aromatic rings. The van der Waals surface area contributed by atoms with Crippen molar-refractivity contribution in [2.75, 3.05) is 31.8 Å². The molecule has 0 radical (unpaired) electrons. The Hall–Kier alpha value is -1.75. The second-order valence-corrected chi connectivity index (χ2v) is 3.58. The Morgan fingerprint density at radius 2 is 1.94 bits per heavy atom. The second-order valence-electron chi connectivity index (χ2n) is 3.58. The standard InChI is InChI=1S/C12H19N3O2/c1-3-14(12(16)17-2)9-10-15(13)11-7-5-4-6-8-11/h4-8H,3,9-10,13H2,1-2H3. The van der Waals surface area contributed by atoms with Gasteiger partial charge in [0.1, 0.15) is 0 Å². The van der Waals surface area contributed by atoms with Gasteiger partial charge in [0.15, 0.2) is 0 Å². The van der Waals surface area contributed by atoms with E-state index in [4.69, 9.17) is 5.84 Å². The molecular weight excluding hydrogens is 218 g/mol. The van der Waals surface area contributed by atoms with E-state index in [1.165, 1.54) is 7.11 Å². The summed E-state index contributed by atoms with van der Waals surface area (Å²) in [5.74, 6) is 5.89. The molecule has 0 spiro atoms. The van der Waals surface area contributed by atoms with Gasteiger partial charge in [-0.3, -0.25) is 0 Å². The van der Waals surface area contributed by atoms with Crippen molar-refractivity contribution >= 4 is 11.8 Å². The summed E-state index contributed by atoms with van der Waals surface area (Å²) in [6.07, 6.45) is -0.325. The van der Waals surface area contributed by atoms with Crippen LogP contribution in [0.25, 0.3) is 0 Å². The Balaban J connectivity index is 2.47. The highest BCUT2D eigenvalue weighted by molar-refractivity contribution is 5.67. The van der Waals surface area contributed by atoms with Crippen LogP contribution in [0.2, 0.25) is 0 Å². The molecule has 0 fully saturated rings. The minimum Gasteiger partial charge on any atom is -0.453 e. The number of nitrogens with two attached hydrogens (primary N) is 1. The van der Waals surface area contributed by atoms with Crippen LogP contribution < -0.4 is 10.9 Å². The maximum absolute atomic E-state index is 11.3. The summed E-state index contributed by atoms with van der Waals surface area (Å²) in [7, 11) is 1.38. The van der Waals surface area contributed by atoms with Crippen molar-refractivity contribution < 1.29 is 9.53 Å². The van der Waals surface area contributed by atoms with E-state index in [-0.39, 0.29) is 6.09 Å². The van der Waals surface area contributed by atoms with Crippen molar-refractivity contribution in [3.63, 3.8) is 0 Å². The molecule has 0 saturated heterocycles. The number of likely N-dealkylation sites (N-methyl/N-ethyl adjacent to an activating group) is 1. The molecule has 0 aliphatic carbocycles. The van der Waals surface area contributed by atoms with Gasteiger partial charge >= 0.3 is 6.09 Å². The highest BCUT2D eigenvalue weighted by Gasteiger charge is 2.12. The summed E-state index contributed by atoms with van der Waals surface area (Å²) < 4.78 is 4.67. The normalized spacial score (nSPS) is 9.82. The Labute approximate surface area is 102 Å². The van der Waals surface area contributed by atoms with Gasteiger partial charge < -0.3 is 14.6 Å². The Morgan fingerprint density at radius 1 is 1.29 bits per heavy atom. The first-order chi connectivity index (χ1) is 8.19. The molecule has 2 N–H and O–H groups in total. The van der Waals surface area contributed by atoms with Crippen LogP contribution in [0.1, 0.15) is 6.92 Å². The van der Waals surface area contributed by atoms with E-state index in [1.807, 2.05) is 37.3 Å². The lowest BCUT2D eigenvalue weighted by Gasteiger charge is -2.24. The third-order valence-corrected chi connectivity index (χ3v) is 2.51. The summed E-state index contributed by atoms with van der Waals surface area (Å²) >= 11 is 0. The van der Waals surface area contributed by atoms with Crippen LogP contribution in [0.4, 0.5) is 10.5 Å². The molecule has 5 nitrogen and oxygen atoms in total. The Kier molecular flexibility index (Phi) is 5.29.